The lowest BCUT2D eigenvalue weighted by Crippen LogP contribution is -2.38. The fraction of sp³-hybridized carbons (Fsp3) is 0.667. The highest BCUT2D eigenvalue weighted by Crippen LogP contribution is 2.17. The molecule has 1 aliphatic rings. The van der Waals surface area contributed by atoms with E-state index in [1.54, 1.807) is 18.0 Å². The Bertz CT molecular complexity index is 695. The first-order valence-corrected chi connectivity index (χ1v) is 9.33. The Balaban J connectivity index is 2.16. The van der Waals surface area contributed by atoms with E-state index in [2.05, 4.69) is 9.97 Å². The molecule has 0 aliphatic carbocycles. The minimum absolute atomic E-state index is 0.0319. The average Bonchev–Trinajstić information content (AvgIpc) is 2.67. The molecule has 128 valence electrons. The monoisotopic (exact) mass is 341 g/mol. The maximum Gasteiger partial charge on any atom is 0.410 e. The van der Waals surface area contributed by atoms with Gasteiger partial charge in [-0.3, -0.25) is 0 Å². The highest BCUT2D eigenvalue weighted by Gasteiger charge is 2.26. The van der Waals surface area contributed by atoms with E-state index in [9.17, 15) is 13.2 Å². The second-order valence-corrected chi connectivity index (χ2v) is 8.67. The first-order chi connectivity index (χ1) is 10.6. The van der Waals surface area contributed by atoms with Crippen molar-refractivity contribution in [3.05, 3.63) is 17.5 Å². The van der Waals surface area contributed by atoms with Crippen LogP contribution < -0.4 is 0 Å². The second-order valence-electron chi connectivity index (χ2n) is 6.50. The van der Waals surface area contributed by atoms with Gasteiger partial charge in [-0.2, -0.15) is 0 Å². The molecule has 0 unspecified atom stereocenters. The molecule has 1 aromatic rings. The zero-order valence-corrected chi connectivity index (χ0v) is 14.8. The van der Waals surface area contributed by atoms with Crippen molar-refractivity contribution in [3.63, 3.8) is 0 Å². The number of aromatic nitrogens is 2. The van der Waals surface area contributed by atoms with Crippen molar-refractivity contribution in [2.75, 3.05) is 18.8 Å². The predicted octanol–water partition coefficient (Wildman–Crippen LogP) is 1.61. The van der Waals surface area contributed by atoms with Gasteiger partial charge in [-0.05, 0) is 32.8 Å². The zero-order chi connectivity index (χ0) is 17.3. The predicted molar refractivity (Wildman–Crippen MR) is 85.0 cm³/mol. The Labute approximate surface area is 137 Å². The molecule has 0 bridgehead atoms. The molecular weight excluding hydrogens is 318 g/mol. The largest absolute Gasteiger partial charge is 0.444 e. The van der Waals surface area contributed by atoms with Crippen LogP contribution in [-0.2, 0) is 27.4 Å². The van der Waals surface area contributed by atoms with Crippen LogP contribution in [0, 0.1) is 0 Å². The molecule has 1 aromatic heterocycles. The van der Waals surface area contributed by atoms with Gasteiger partial charge in [0.15, 0.2) is 0 Å². The SMILES string of the molecule is CCS(=O)(=O)c1ncc2c(n1)CCN(C(=O)OC(C)(C)C)CC2. The van der Waals surface area contributed by atoms with Crippen molar-refractivity contribution in [2.45, 2.75) is 51.3 Å². The Hall–Kier alpha value is -1.70. The number of carbonyl (C=O) groups excluding carboxylic acids is 1. The third kappa shape index (κ3) is 4.40. The van der Waals surface area contributed by atoms with Crippen molar-refractivity contribution >= 4 is 15.9 Å². The molecule has 0 spiro atoms. The minimum atomic E-state index is -3.42. The van der Waals surface area contributed by atoms with E-state index in [4.69, 9.17) is 4.74 Å². The number of fused-ring (bicyclic) bond motifs is 1. The molecule has 23 heavy (non-hydrogen) atoms. The molecule has 2 heterocycles. The van der Waals surface area contributed by atoms with Crippen molar-refractivity contribution in [1.29, 1.82) is 0 Å². The molecule has 8 heteroatoms. The zero-order valence-electron chi connectivity index (χ0n) is 14.0. The summed E-state index contributed by atoms with van der Waals surface area (Å²) in [6.45, 7) is 7.99. The van der Waals surface area contributed by atoms with Crippen LogP contribution in [-0.4, -0.2) is 53.8 Å². The summed E-state index contributed by atoms with van der Waals surface area (Å²) in [7, 11) is -3.42. The van der Waals surface area contributed by atoms with E-state index in [1.165, 1.54) is 0 Å². The first kappa shape index (κ1) is 17.7. The third-order valence-electron chi connectivity index (χ3n) is 3.51. The van der Waals surface area contributed by atoms with Crippen molar-refractivity contribution in [3.8, 4) is 0 Å². The molecule has 1 amide bonds. The van der Waals surface area contributed by atoms with Gasteiger partial charge in [-0.1, -0.05) is 6.92 Å². The van der Waals surface area contributed by atoms with Gasteiger partial charge < -0.3 is 9.64 Å². The van der Waals surface area contributed by atoms with E-state index >= 15 is 0 Å². The normalized spacial score (nSPS) is 15.7. The number of hydrogen-bond donors (Lipinski definition) is 0. The van der Waals surface area contributed by atoms with Crippen LogP contribution in [0.25, 0.3) is 0 Å². The Morgan fingerprint density at radius 2 is 1.96 bits per heavy atom. The molecule has 0 radical (unpaired) electrons. The summed E-state index contributed by atoms with van der Waals surface area (Å²) in [6, 6.07) is 0. The first-order valence-electron chi connectivity index (χ1n) is 7.68. The molecule has 1 aliphatic heterocycles. The summed E-state index contributed by atoms with van der Waals surface area (Å²) in [5.74, 6) is -0.0319. The molecule has 0 fully saturated rings. The number of hydrogen-bond acceptors (Lipinski definition) is 6. The van der Waals surface area contributed by atoms with Crippen LogP contribution in [0.2, 0.25) is 0 Å². The molecule has 0 saturated carbocycles. The highest BCUT2D eigenvalue weighted by molar-refractivity contribution is 7.91. The summed E-state index contributed by atoms with van der Waals surface area (Å²) in [5.41, 5.74) is 1.03. The van der Waals surface area contributed by atoms with Crippen LogP contribution in [0.4, 0.5) is 4.79 Å². The number of rotatable bonds is 2. The summed E-state index contributed by atoms with van der Waals surface area (Å²) in [4.78, 5) is 22.0. The molecular formula is C15H23N3O4S. The van der Waals surface area contributed by atoms with Gasteiger partial charge in [-0.15, -0.1) is 0 Å². The van der Waals surface area contributed by atoms with Gasteiger partial charge in [0, 0.05) is 25.7 Å². The lowest BCUT2D eigenvalue weighted by Gasteiger charge is -2.26. The van der Waals surface area contributed by atoms with Gasteiger partial charge in [0.05, 0.1) is 11.4 Å². The topological polar surface area (TPSA) is 89.5 Å². The quantitative estimate of drug-likeness (QED) is 0.759. The molecule has 0 saturated heterocycles. The van der Waals surface area contributed by atoms with Crippen molar-refractivity contribution in [1.82, 2.24) is 14.9 Å². The van der Waals surface area contributed by atoms with Crippen LogP contribution in [0.15, 0.2) is 11.4 Å². The van der Waals surface area contributed by atoms with Crippen LogP contribution in [0.1, 0.15) is 39.0 Å². The average molecular weight is 341 g/mol. The Kier molecular flexibility index (Phi) is 4.93. The number of amides is 1. The van der Waals surface area contributed by atoms with Gasteiger partial charge in [-0.25, -0.2) is 23.2 Å². The number of carbonyl (C=O) groups is 1. The fourth-order valence-electron chi connectivity index (χ4n) is 2.25. The van der Waals surface area contributed by atoms with E-state index in [0.717, 1.165) is 5.56 Å². The van der Waals surface area contributed by atoms with Gasteiger partial charge in [0.25, 0.3) is 0 Å². The number of sulfone groups is 1. The highest BCUT2D eigenvalue weighted by atomic mass is 32.2. The maximum absolute atomic E-state index is 12.2. The van der Waals surface area contributed by atoms with Crippen molar-refractivity contribution < 1.29 is 17.9 Å². The summed E-state index contributed by atoms with van der Waals surface area (Å²) < 4.78 is 29.2. The minimum Gasteiger partial charge on any atom is -0.444 e. The van der Waals surface area contributed by atoms with E-state index in [1.807, 2.05) is 20.8 Å². The number of ether oxygens (including phenoxy) is 1. The summed E-state index contributed by atoms with van der Waals surface area (Å²) >= 11 is 0. The lowest BCUT2D eigenvalue weighted by molar-refractivity contribution is 0.0258. The van der Waals surface area contributed by atoms with Gasteiger partial charge in [0.2, 0.25) is 15.0 Å². The number of nitrogens with zero attached hydrogens (tertiary/aromatic N) is 3. The van der Waals surface area contributed by atoms with E-state index < -0.39 is 15.4 Å². The Morgan fingerprint density at radius 3 is 2.57 bits per heavy atom. The van der Waals surface area contributed by atoms with Crippen molar-refractivity contribution in [2.24, 2.45) is 0 Å². The summed E-state index contributed by atoms with van der Waals surface area (Å²) in [5, 5.41) is -0.135. The molecule has 0 aromatic carbocycles. The van der Waals surface area contributed by atoms with Crippen LogP contribution in [0.3, 0.4) is 0 Å². The standard InChI is InChI=1S/C15H23N3O4S/c1-5-23(20,21)13-16-10-11-6-8-18(9-7-12(11)17-13)14(19)22-15(2,3)4/h10H,5-9H2,1-4H3. The van der Waals surface area contributed by atoms with Gasteiger partial charge >= 0.3 is 6.09 Å². The molecule has 2 rings (SSSR count). The lowest BCUT2D eigenvalue weighted by atomic mass is 10.1. The van der Waals surface area contributed by atoms with Crippen LogP contribution in [0.5, 0.6) is 0 Å². The summed E-state index contributed by atoms with van der Waals surface area (Å²) in [6.07, 6.45) is 2.27. The molecule has 0 atom stereocenters. The van der Waals surface area contributed by atoms with E-state index in [0.29, 0.717) is 31.6 Å². The molecule has 7 nitrogen and oxygen atoms in total. The fourth-order valence-corrected chi connectivity index (χ4v) is 2.97. The maximum atomic E-state index is 12.2. The smallest absolute Gasteiger partial charge is 0.410 e. The Morgan fingerprint density at radius 1 is 1.30 bits per heavy atom. The van der Waals surface area contributed by atoms with Gasteiger partial charge in [0.1, 0.15) is 5.60 Å². The van der Waals surface area contributed by atoms with Crippen LogP contribution >= 0.6 is 0 Å². The third-order valence-corrected chi connectivity index (χ3v) is 5.02. The van der Waals surface area contributed by atoms with E-state index in [-0.39, 0.29) is 17.0 Å². The molecule has 0 N–H and O–H groups in total. The second kappa shape index (κ2) is 6.43.